The van der Waals surface area contributed by atoms with Crippen LogP contribution in [-0.4, -0.2) is 56.7 Å². The average Bonchev–Trinajstić information content (AvgIpc) is 2.28. The molecule has 0 aliphatic rings. The first-order valence-electron chi connectivity index (χ1n) is 5.21. The molecule has 7 nitrogen and oxygen atoms in total. The summed E-state index contributed by atoms with van der Waals surface area (Å²) >= 11 is 0. The van der Waals surface area contributed by atoms with Crippen molar-refractivity contribution in [1.29, 1.82) is 0 Å². The highest BCUT2D eigenvalue weighted by atomic mass is 16.5. The van der Waals surface area contributed by atoms with Crippen molar-refractivity contribution in [1.82, 2.24) is 15.0 Å². The van der Waals surface area contributed by atoms with Gasteiger partial charge in [0.25, 0.3) is 0 Å². The quantitative estimate of drug-likeness (QED) is 0.662. The van der Waals surface area contributed by atoms with Gasteiger partial charge in [0.15, 0.2) is 0 Å². The van der Waals surface area contributed by atoms with E-state index in [2.05, 4.69) is 15.0 Å². The number of methoxy groups -OCH3 is 2. The minimum atomic E-state index is 0.365. The van der Waals surface area contributed by atoms with Crippen molar-refractivity contribution < 1.29 is 9.47 Å². The number of rotatable bonds is 6. The first-order valence-corrected chi connectivity index (χ1v) is 5.21. The predicted molar refractivity (Wildman–Crippen MR) is 65.1 cm³/mol. The summed E-state index contributed by atoms with van der Waals surface area (Å²) in [7, 11) is 7.00. The number of hydrogen-bond acceptors (Lipinski definition) is 7. The van der Waals surface area contributed by atoms with E-state index in [0.717, 1.165) is 0 Å². The van der Waals surface area contributed by atoms with Crippen LogP contribution in [0.1, 0.15) is 5.82 Å². The second kappa shape index (κ2) is 6.31. The number of hydrogen-bond donors (Lipinski definition) is 0. The topological polar surface area (TPSA) is 63.6 Å². The summed E-state index contributed by atoms with van der Waals surface area (Å²) in [4.78, 5) is 16.5. The molecule has 1 rings (SSSR count). The van der Waals surface area contributed by atoms with Crippen molar-refractivity contribution in [2.75, 3.05) is 51.6 Å². The maximum Gasteiger partial charge on any atom is 0.234 e. The van der Waals surface area contributed by atoms with Gasteiger partial charge in [0.2, 0.25) is 11.9 Å². The average molecular weight is 241 g/mol. The molecule has 0 aliphatic carbocycles. The molecule has 0 saturated heterocycles. The van der Waals surface area contributed by atoms with Crippen molar-refractivity contribution in [2.45, 2.75) is 6.92 Å². The van der Waals surface area contributed by atoms with Gasteiger partial charge in [0.1, 0.15) is 19.3 Å². The van der Waals surface area contributed by atoms with Gasteiger partial charge in [-0.25, -0.2) is 0 Å². The molecule has 17 heavy (non-hydrogen) atoms. The second-order valence-electron chi connectivity index (χ2n) is 3.75. The Labute approximate surface area is 101 Å². The van der Waals surface area contributed by atoms with Crippen LogP contribution in [0.4, 0.5) is 11.9 Å². The van der Waals surface area contributed by atoms with Gasteiger partial charge in [0, 0.05) is 28.3 Å². The smallest absolute Gasteiger partial charge is 0.234 e. The molecule has 0 saturated carbocycles. The van der Waals surface area contributed by atoms with E-state index in [4.69, 9.17) is 9.47 Å². The Morgan fingerprint density at radius 2 is 1.47 bits per heavy atom. The van der Waals surface area contributed by atoms with Gasteiger partial charge in [-0.2, -0.15) is 15.0 Å². The van der Waals surface area contributed by atoms with E-state index in [9.17, 15) is 0 Å². The molecule has 0 atom stereocenters. The maximum atomic E-state index is 5.08. The molecule has 7 heteroatoms. The lowest BCUT2D eigenvalue weighted by atomic mass is 10.6. The second-order valence-corrected chi connectivity index (χ2v) is 3.75. The van der Waals surface area contributed by atoms with Crippen LogP contribution in [-0.2, 0) is 9.47 Å². The Morgan fingerprint density at radius 3 is 1.94 bits per heavy atom. The van der Waals surface area contributed by atoms with E-state index in [-0.39, 0.29) is 0 Å². The molecular weight excluding hydrogens is 222 g/mol. The molecule has 0 spiro atoms. The standard InChI is InChI=1S/C10H19N5O2/c1-8-11-9(14(2)3)13-10(12-8)15(6-16-4)7-17-5/h6-7H2,1-5H3. The Kier molecular flexibility index (Phi) is 5.05. The lowest BCUT2D eigenvalue weighted by Gasteiger charge is -2.21. The van der Waals surface area contributed by atoms with Crippen LogP contribution in [0.25, 0.3) is 0 Å². The molecule has 0 amide bonds. The van der Waals surface area contributed by atoms with E-state index < -0.39 is 0 Å². The summed E-state index contributed by atoms with van der Waals surface area (Å²) in [5.41, 5.74) is 0. The molecule has 0 aliphatic heterocycles. The zero-order chi connectivity index (χ0) is 12.8. The summed E-state index contributed by atoms with van der Waals surface area (Å²) < 4.78 is 10.2. The summed E-state index contributed by atoms with van der Waals surface area (Å²) in [6.45, 7) is 2.56. The van der Waals surface area contributed by atoms with E-state index >= 15 is 0 Å². The fourth-order valence-electron chi connectivity index (χ4n) is 1.26. The SMILES string of the molecule is COCN(COC)c1nc(C)nc(N(C)C)n1. The zero-order valence-electron chi connectivity index (χ0n) is 11.0. The van der Waals surface area contributed by atoms with Crippen LogP contribution in [0.15, 0.2) is 0 Å². The Morgan fingerprint density at radius 1 is 0.941 bits per heavy atom. The van der Waals surface area contributed by atoms with Gasteiger partial charge in [-0.1, -0.05) is 0 Å². The molecule has 0 bridgehead atoms. The Hall–Kier alpha value is -1.47. The maximum absolute atomic E-state index is 5.08. The summed E-state index contributed by atoms with van der Waals surface area (Å²) in [5, 5.41) is 0. The third-order valence-electron chi connectivity index (χ3n) is 1.98. The van der Waals surface area contributed by atoms with E-state index in [1.54, 1.807) is 19.1 Å². The third kappa shape index (κ3) is 3.79. The fourth-order valence-corrected chi connectivity index (χ4v) is 1.26. The van der Waals surface area contributed by atoms with Crippen LogP contribution >= 0.6 is 0 Å². The lowest BCUT2D eigenvalue weighted by Crippen LogP contribution is -2.30. The van der Waals surface area contributed by atoms with Crippen LogP contribution in [0, 0.1) is 6.92 Å². The number of anilines is 2. The van der Waals surface area contributed by atoms with Gasteiger partial charge >= 0.3 is 0 Å². The predicted octanol–water partition coefficient (Wildman–Crippen LogP) is 0.260. The molecule has 0 fully saturated rings. The molecule has 0 unspecified atom stereocenters. The largest absolute Gasteiger partial charge is 0.364 e. The van der Waals surface area contributed by atoms with E-state index in [0.29, 0.717) is 31.2 Å². The van der Waals surface area contributed by atoms with Crippen LogP contribution < -0.4 is 9.80 Å². The zero-order valence-corrected chi connectivity index (χ0v) is 11.0. The number of aromatic nitrogens is 3. The van der Waals surface area contributed by atoms with Crippen molar-refractivity contribution in [2.24, 2.45) is 0 Å². The third-order valence-corrected chi connectivity index (χ3v) is 1.98. The van der Waals surface area contributed by atoms with Gasteiger partial charge in [0.05, 0.1) is 0 Å². The van der Waals surface area contributed by atoms with E-state index in [1.807, 2.05) is 25.9 Å². The molecule has 1 aromatic rings. The van der Waals surface area contributed by atoms with Gasteiger partial charge in [-0.05, 0) is 6.92 Å². The molecule has 1 heterocycles. The minimum Gasteiger partial charge on any atom is -0.364 e. The molecule has 0 aromatic carbocycles. The highest BCUT2D eigenvalue weighted by Gasteiger charge is 2.12. The van der Waals surface area contributed by atoms with Crippen molar-refractivity contribution >= 4 is 11.9 Å². The highest BCUT2D eigenvalue weighted by Crippen LogP contribution is 2.12. The molecular formula is C10H19N5O2. The Balaban J connectivity index is 3.00. The summed E-state index contributed by atoms with van der Waals surface area (Å²) in [5.74, 6) is 1.82. The number of aryl methyl sites for hydroxylation is 1. The first kappa shape index (κ1) is 13.6. The molecule has 0 N–H and O–H groups in total. The lowest BCUT2D eigenvalue weighted by molar-refractivity contribution is 0.138. The van der Waals surface area contributed by atoms with E-state index in [1.165, 1.54) is 0 Å². The number of ether oxygens (including phenoxy) is 2. The number of nitrogens with zero attached hydrogens (tertiary/aromatic N) is 5. The van der Waals surface area contributed by atoms with Crippen LogP contribution in [0.5, 0.6) is 0 Å². The minimum absolute atomic E-state index is 0.365. The van der Waals surface area contributed by atoms with Gasteiger partial charge in [-0.15, -0.1) is 0 Å². The van der Waals surface area contributed by atoms with Gasteiger partial charge in [-0.3, -0.25) is 4.90 Å². The normalized spacial score (nSPS) is 10.4. The summed E-state index contributed by atoms with van der Waals surface area (Å²) in [6.07, 6.45) is 0. The fraction of sp³-hybridized carbons (Fsp3) is 0.700. The highest BCUT2D eigenvalue weighted by molar-refractivity contribution is 5.37. The van der Waals surface area contributed by atoms with Gasteiger partial charge < -0.3 is 14.4 Å². The molecule has 0 radical (unpaired) electrons. The monoisotopic (exact) mass is 241 g/mol. The molecule has 1 aromatic heterocycles. The van der Waals surface area contributed by atoms with Crippen molar-refractivity contribution in [3.8, 4) is 0 Å². The molecule has 96 valence electrons. The Bertz CT molecular complexity index is 353. The first-order chi connectivity index (χ1) is 8.08. The van der Waals surface area contributed by atoms with Crippen LogP contribution in [0.2, 0.25) is 0 Å². The van der Waals surface area contributed by atoms with Crippen molar-refractivity contribution in [3.05, 3.63) is 5.82 Å². The van der Waals surface area contributed by atoms with Crippen LogP contribution in [0.3, 0.4) is 0 Å². The van der Waals surface area contributed by atoms with Crippen molar-refractivity contribution in [3.63, 3.8) is 0 Å². The summed E-state index contributed by atoms with van der Waals surface area (Å²) in [6, 6.07) is 0.